The Hall–Kier alpha value is -0.900. The van der Waals surface area contributed by atoms with Crippen LogP contribution < -0.4 is 0 Å². The van der Waals surface area contributed by atoms with Crippen LogP contribution in [-0.2, 0) is 16.1 Å². The third-order valence-electron chi connectivity index (χ3n) is 4.27. The Morgan fingerprint density at radius 1 is 1.11 bits per heavy atom. The van der Waals surface area contributed by atoms with Crippen molar-refractivity contribution in [2.75, 3.05) is 6.61 Å². The molecular weight excluding hydrogens is 240 g/mol. The van der Waals surface area contributed by atoms with E-state index in [0.717, 1.165) is 5.56 Å². The Bertz CT molecular complexity index is 379. The molecule has 5 atom stereocenters. The zero-order chi connectivity index (χ0) is 13.8. The first kappa shape index (κ1) is 14.5. The fourth-order valence-electron chi connectivity index (χ4n) is 2.56. The number of ether oxygens (including phenoxy) is 2. The number of aliphatic hydroxyl groups excluding tert-OH is 1. The Morgan fingerprint density at radius 2 is 1.79 bits per heavy atom. The molecule has 1 aliphatic heterocycles. The molecule has 2 unspecified atom stereocenters. The van der Waals surface area contributed by atoms with E-state index in [4.69, 9.17) is 9.47 Å². The molecule has 1 aromatic carbocycles. The van der Waals surface area contributed by atoms with Gasteiger partial charge >= 0.3 is 0 Å². The van der Waals surface area contributed by atoms with Gasteiger partial charge in [0.2, 0.25) is 0 Å². The molecule has 0 saturated carbocycles. The summed E-state index contributed by atoms with van der Waals surface area (Å²) in [5.74, 6) is 0.620. The zero-order valence-corrected chi connectivity index (χ0v) is 12.0. The standard InChI is InChI=1S/C16H24O3/c1-11-12(2)16(17)15(19-13(11)3)10-18-9-14-7-5-4-6-8-14/h4-8,11-13,15-17H,9-10H2,1-3H3/t11?,12-,13+,15?,16+/m1/s1. The number of rotatable bonds is 4. The summed E-state index contributed by atoms with van der Waals surface area (Å²) in [7, 11) is 0. The Kier molecular flexibility index (Phi) is 4.97. The van der Waals surface area contributed by atoms with E-state index in [2.05, 4.69) is 20.8 Å². The maximum absolute atomic E-state index is 10.2. The molecule has 3 heteroatoms. The SMILES string of the molecule is CC1[C@H](C)OC(COCc2ccccc2)[C@@H](O)[C@@H]1C. The van der Waals surface area contributed by atoms with Crippen LogP contribution in [0.1, 0.15) is 26.3 Å². The van der Waals surface area contributed by atoms with E-state index in [1.807, 2.05) is 30.3 Å². The highest BCUT2D eigenvalue weighted by molar-refractivity contribution is 5.13. The fraction of sp³-hybridized carbons (Fsp3) is 0.625. The van der Waals surface area contributed by atoms with Crippen LogP contribution in [0.25, 0.3) is 0 Å². The molecule has 1 fully saturated rings. The summed E-state index contributed by atoms with van der Waals surface area (Å²) >= 11 is 0. The summed E-state index contributed by atoms with van der Waals surface area (Å²) in [4.78, 5) is 0. The third kappa shape index (κ3) is 3.56. The van der Waals surface area contributed by atoms with Gasteiger partial charge in [-0.05, 0) is 24.3 Å². The molecule has 2 rings (SSSR count). The van der Waals surface area contributed by atoms with Crippen molar-refractivity contribution >= 4 is 0 Å². The van der Waals surface area contributed by atoms with Crippen LogP contribution in [0.4, 0.5) is 0 Å². The molecule has 1 aromatic rings. The molecule has 0 spiro atoms. The lowest BCUT2D eigenvalue weighted by Gasteiger charge is -2.41. The monoisotopic (exact) mass is 264 g/mol. The fourth-order valence-corrected chi connectivity index (χ4v) is 2.56. The zero-order valence-electron chi connectivity index (χ0n) is 12.0. The molecule has 1 aliphatic rings. The first-order chi connectivity index (χ1) is 9.09. The van der Waals surface area contributed by atoms with E-state index < -0.39 is 6.10 Å². The minimum absolute atomic E-state index is 0.170. The van der Waals surface area contributed by atoms with Crippen LogP contribution in [-0.4, -0.2) is 30.0 Å². The lowest BCUT2D eigenvalue weighted by Crippen LogP contribution is -2.50. The van der Waals surface area contributed by atoms with E-state index in [1.165, 1.54) is 0 Å². The molecular formula is C16H24O3. The van der Waals surface area contributed by atoms with E-state index in [-0.39, 0.29) is 18.1 Å². The van der Waals surface area contributed by atoms with Crippen LogP contribution in [0, 0.1) is 11.8 Å². The van der Waals surface area contributed by atoms with Gasteiger partial charge in [-0.2, -0.15) is 0 Å². The summed E-state index contributed by atoms with van der Waals surface area (Å²) in [6, 6.07) is 10.0. The van der Waals surface area contributed by atoms with Crippen molar-refractivity contribution in [2.45, 2.75) is 45.7 Å². The van der Waals surface area contributed by atoms with Crippen LogP contribution in [0.15, 0.2) is 30.3 Å². The van der Waals surface area contributed by atoms with Gasteiger partial charge in [-0.15, -0.1) is 0 Å². The van der Waals surface area contributed by atoms with E-state index in [1.54, 1.807) is 0 Å². The van der Waals surface area contributed by atoms with Crippen LogP contribution >= 0.6 is 0 Å². The second kappa shape index (κ2) is 6.51. The second-order valence-corrected chi connectivity index (χ2v) is 5.59. The highest BCUT2D eigenvalue weighted by Crippen LogP contribution is 2.30. The van der Waals surface area contributed by atoms with Gasteiger partial charge in [-0.3, -0.25) is 0 Å². The maximum Gasteiger partial charge on any atom is 0.107 e. The number of benzene rings is 1. The van der Waals surface area contributed by atoms with Gasteiger partial charge in [0.1, 0.15) is 6.10 Å². The van der Waals surface area contributed by atoms with Crippen molar-refractivity contribution < 1.29 is 14.6 Å². The summed E-state index contributed by atoms with van der Waals surface area (Å²) in [5.41, 5.74) is 1.14. The van der Waals surface area contributed by atoms with E-state index in [9.17, 15) is 5.11 Å². The average molecular weight is 264 g/mol. The first-order valence-corrected chi connectivity index (χ1v) is 7.04. The topological polar surface area (TPSA) is 38.7 Å². The van der Waals surface area contributed by atoms with Crippen molar-refractivity contribution in [2.24, 2.45) is 11.8 Å². The number of aliphatic hydroxyl groups is 1. The summed E-state index contributed by atoms with van der Waals surface area (Å²) in [5, 5.41) is 10.2. The summed E-state index contributed by atoms with van der Waals surface area (Å²) in [6.45, 7) is 7.28. The Labute approximate surface area is 115 Å². The van der Waals surface area contributed by atoms with Crippen LogP contribution in [0.3, 0.4) is 0 Å². The molecule has 0 bridgehead atoms. The van der Waals surface area contributed by atoms with Gasteiger partial charge in [-0.1, -0.05) is 44.2 Å². The molecule has 0 aliphatic carbocycles. The number of hydrogen-bond acceptors (Lipinski definition) is 3. The lowest BCUT2D eigenvalue weighted by atomic mass is 9.82. The molecule has 0 aromatic heterocycles. The highest BCUT2D eigenvalue weighted by Gasteiger charge is 2.38. The van der Waals surface area contributed by atoms with E-state index in [0.29, 0.717) is 19.1 Å². The molecule has 0 radical (unpaired) electrons. The van der Waals surface area contributed by atoms with Crippen molar-refractivity contribution in [1.82, 2.24) is 0 Å². The Balaban J connectivity index is 1.82. The second-order valence-electron chi connectivity index (χ2n) is 5.59. The predicted molar refractivity (Wildman–Crippen MR) is 74.8 cm³/mol. The van der Waals surface area contributed by atoms with Gasteiger partial charge in [0.05, 0.1) is 25.4 Å². The molecule has 0 amide bonds. The van der Waals surface area contributed by atoms with Crippen molar-refractivity contribution in [3.05, 3.63) is 35.9 Å². The minimum atomic E-state index is -0.443. The van der Waals surface area contributed by atoms with E-state index >= 15 is 0 Å². The maximum atomic E-state index is 10.2. The van der Waals surface area contributed by atoms with Crippen LogP contribution in [0.5, 0.6) is 0 Å². The molecule has 1 N–H and O–H groups in total. The van der Waals surface area contributed by atoms with Crippen molar-refractivity contribution in [3.63, 3.8) is 0 Å². The Morgan fingerprint density at radius 3 is 2.47 bits per heavy atom. The molecule has 3 nitrogen and oxygen atoms in total. The minimum Gasteiger partial charge on any atom is -0.390 e. The lowest BCUT2D eigenvalue weighted by molar-refractivity contribution is -0.181. The van der Waals surface area contributed by atoms with Gasteiger partial charge in [0.15, 0.2) is 0 Å². The largest absolute Gasteiger partial charge is 0.390 e. The average Bonchev–Trinajstić information content (AvgIpc) is 2.43. The van der Waals surface area contributed by atoms with Gasteiger partial charge in [0.25, 0.3) is 0 Å². The molecule has 1 saturated heterocycles. The van der Waals surface area contributed by atoms with Gasteiger partial charge < -0.3 is 14.6 Å². The normalized spacial score (nSPS) is 35.3. The summed E-state index contributed by atoms with van der Waals surface area (Å²) in [6.07, 6.45) is -0.490. The predicted octanol–water partition coefficient (Wildman–Crippen LogP) is 2.62. The highest BCUT2D eigenvalue weighted by atomic mass is 16.5. The van der Waals surface area contributed by atoms with Gasteiger partial charge in [-0.25, -0.2) is 0 Å². The third-order valence-corrected chi connectivity index (χ3v) is 4.27. The van der Waals surface area contributed by atoms with Gasteiger partial charge in [0, 0.05) is 0 Å². The number of hydrogen-bond donors (Lipinski definition) is 1. The van der Waals surface area contributed by atoms with Crippen molar-refractivity contribution in [1.29, 1.82) is 0 Å². The first-order valence-electron chi connectivity index (χ1n) is 7.04. The molecule has 106 valence electrons. The smallest absolute Gasteiger partial charge is 0.107 e. The summed E-state index contributed by atoms with van der Waals surface area (Å²) < 4.78 is 11.5. The molecule has 1 heterocycles. The van der Waals surface area contributed by atoms with Crippen LogP contribution in [0.2, 0.25) is 0 Å². The van der Waals surface area contributed by atoms with Crippen molar-refractivity contribution in [3.8, 4) is 0 Å². The quantitative estimate of drug-likeness (QED) is 0.908. The molecule has 19 heavy (non-hydrogen) atoms.